The minimum absolute atomic E-state index is 0.262. The molecule has 0 aliphatic carbocycles. The number of nitrogens with one attached hydrogen (secondary N) is 1. The molecule has 0 heterocycles. The van der Waals surface area contributed by atoms with Gasteiger partial charge in [-0.2, -0.15) is 5.10 Å². The summed E-state index contributed by atoms with van der Waals surface area (Å²) in [5, 5.41) is 6.47. The monoisotopic (exact) mass is 492 g/mol. The van der Waals surface area contributed by atoms with Crippen molar-refractivity contribution in [1.82, 2.24) is 5.43 Å². The van der Waals surface area contributed by atoms with Crippen molar-refractivity contribution in [3.63, 3.8) is 0 Å². The third-order valence-electron chi connectivity index (χ3n) is 4.76. The van der Waals surface area contributed by atoms with Crippen molar-refractivity contribution in [1.29, 1.82) is 0 Å². The van der Waals surface area contributed by atoms with Gasteiger partial charge in [0.05, 0.1) is 16.8 Å². The molecule has 0 saturated heterocycles. The summed E-state index contributed by atoms with van der Waals surface area (Å²) in [5.41, 5.74) is 3.56. The van der Waals surface area contributed by atoms with Gasteiger partial charge in [0, 0.05) is 5.02 Å². The highest BCUT2D eigenvalue weighted by molar-refractivity contribution is 6.35. The zero-order valence-electron chi connectivity index (χ0n) is 17.7. The largest absolute Gasteiger partial charge is 0.482 e. The normalized spacial score (nSPS) is 10.9. The Hall–Kier alpha value is -3.87. The van der Waals surface area contributed by atoms with E-state index in [0.29, 0.717) is 32.7 Å². The first-order valence-corrected chi connectivity index (χ1v) is 10.9. The Labute approximate surface area is 205 Å². The highest BCUT2D eigenvalue weighted by Gasteiger charge is 2.12. The minimum atomic E-state index is -0.456. The number of carbonyl (C=O) groups excluding carboxylic acids is 2. The number of hydrogen-bond acceptors (Lipinski definition) is 5. The second kappa shape index (κ2) is 10.8. The fourth-order valence-electron chi connectivity index (χ4n) is 3.13. The Morgan fingerprint density at radius 2 is 1.68 bits per heavy atom. The Balaban J connectivity index is 1.30. The summed E-state index contributed by atoms with van der Waals surface area (Å²) in [6.45, 7) is -0.262. The van der Waals surface area contributed by atoms with E-state index < -0.39 is 11.9 Å². The van der Waals surface area contributed by atoms with Crippen LogP contribution in [0.3, 0.4) is 0 Å². The third-order valence-corrected chi connectivity index (χ3v) is 5.29. The Bertz CT molecular complexity index is 1370. The van der Waals surface area contributed by atoms with Crippen molar-refractivity contribution >= 4 is 52.1 Å². The smallest absolute Gasteiger partial charge is 0.344 e. The van der Waals surface area contributed by atoms with Crippen LogP contribution in [-0.2, 0) is 4.79 Å². The van der Waals surface area contributed by atoms with Crippen LogP contribution in [0.25, 0.3) is 10.8 Å². The summed E-state index contributed by atoms with van der Waals surface area (Å²) in [5.74, 6) is -0.152. The molecule has 0 bridgehead atoms. The van der Waals surface area contributed by atoms with E-state index in [0.717, 1.165) is 10.8 Å². The standard InChI is InChI=1S/C26H18Cl2N2O4/c27-19-10-13-24(23(28)14-19)33-16-25(31)30-29-15-17-8-11-20(12-9-17)34-26(32)22-7-3-5-18-4-1-2-6-21(18)22/h1-15H,16H2,(H,30,31)/b29-15-. The molecule has 0 saturated carbocycles. The molecule has 0 aliphatic rings. The lowest BCUT2D eigenvalue weighted by molar-refractivity contribution is -0.123. The molecule has 0 spiro atoms. The average molecular weight is 493 g/mol. The summed E-state index contributed by atoms with van der Waals surface area (Å²) in [6.07, 6.45) is 1.46. The fraction of sp³-hybridized carbons (Fsp3) is 0.0385. The van der Waals surface area contributed by atoms with Crippen molar-refractivity contribution in [2.24, 2.45) is 5.10 Å². The number of benzene rings is 4. The topological polar surface area (TPSA) is 77.0 Å². The number of esters is 1. The summed E-state index contributed by atoms with van der Waals surface area (Å²) >= 11 is 11.8. The number of amides is 1. The predicted molar refractivity (Wildman–Crippen MR) is 133 cm³/mol. The molecule has 0 fully saturated rings. The van der Waals surface area contributed by atoms with Gasteiger partial charge in [-0.15, -0.1) is 0 Å². The zero-order valence-corrected chi connectivity index (χ0v) is 19.2. The molecule has 8 heteroatoms. The van der Waals surface area contributed by atoms with Crippen molar-refractivity contribution in [2.75, 3.05) is 6.61 Å². The van der Waals surface area contributed by atoms with E-state index in [9.17, 15) is 9.59 Å². The maximum atomic E-state index is 12.6. The number of rotatable bonds is 7. The molecule has 170 valence electrons. The maximum absolute atomic E-state index is 12.6. The quantitative estimate of drug-likeness (QED) is 0.151. The Morgan fingerprint density at radius 1 is 0.912 bits per heavy atom. The molecule has 0 aromatic heterocycles. The fourth-order valence-corrected chi connectivity index (χ4v) is 3.60. The molecule has 4 aromatic rings. The van der Waals surface area contributed by atoms with Gasteiger partial charge >= 0.3 is 5.97 Å². The first-order chi connectivity index (χ1) is 16.5. The van der Waals surface area contributed by atoms with Crippen molar-refractivity contribution in [3.05, 3.63) is 106 Å². The number of hydrogen-bond donors (Lipinski definition) is 1. The van der Waals surface area contributed by atoms with Gasteiger partial charge in [0.25, 0.3) is 5.91 Å². The minimum Gasteiger partial charge on any atom is -0.482 e. The highest BCUT2D eigenvalue weighted by Crippen LogP contribution is 2.27. The number of hydrazone groups is 1. The van der Waals surface area contributed by atoms with Crippen LogP contribution < -0.4 is 14.9 Å². The van der Waals surface area contributed by atoms with E-state index in [4.69, 9.17) is 32.7 Å². The molecule has 6 nitrogen and oxygen atoms in total. The maximum Gasteiger partial charge on any atom is 0.344 e. The van der Waals surface area contributed by atoms with Gasteiger partial charge in [0.2, 0.25) is 0 Å². The molecule has 1 amide bonds. The molecular formula is C26H18Cl2N2O4. The van der Waals surface area contributed by atoms with E-state index in [2.05, 4.69) is 10.5 Å². The number of carbonyl (C=O) groups is 2. The highest BCUT2D eigenvalue weighted by atomic mass is 35.5. The van der Waals surface area contributed by atoms with Crippen LogP contribution in [0, 0.1) is 0 Å². The molecule has 1 N–H and O–H groups in total. The molecular weight excluding hydrogens is 475 g/mol. The summed E-state index contributed by atoms with van der Waals surface area (Å²) in [6, 6.07) is 24.6. The van der Waals surface area contributed by atoms with Gasteiger partial charge in [0.15, 0.2) is 6.61 Å². The Morgan fingerprint density at radius 3 is 2.47 bits per heavy atom. The number of ether oxygens (including phenoxy) is 2. The SMILES string of the molecule is O=C(COc1ccc(Cl)cc1Cl)N/N=C\c1ccc(OC(=O)c2cccc3ccccc23)cc1. The van der Waals surface area contributed by atoms with Crippen LogP contribution in [0.1, 0.15) is 15.9 Å². The van der Waals surface area contributed by atoms with Crippen LogP contribution >= 0.6 is 23.2 Å². The average Bonchev–Trinajstić information content (AvgIpc) is 2.84. The summed E-state index contributed by atoms with van der Waals surface area (Å²) < 4.78 is 10.9. The molecule has 4 aromatic carbocycles. The second-order valence-electron chi connectivity index (χ2n) is 7.14. The first kappa shape index (κ1) is 23.3. The summed E-state index contributed by atoms with van der Waals surface area (Å²) in [4.78, 5) is 24.6. The van der Waals surface area contributed by atoms with Crippen LogP contribution in [-0.4, -0.2) is 24.7 Å². The number of fused-ring (bicyclic) bond motifs is 1. The van der Waals surface area contributed by atoms with Gasteiger partial charge in [-0.3, -0.25) is 4.79 Å². The van der Waals surface area contributed by atoms with Gasteiger partial charge in [-0.1, -0.05) is 59.6 Å². The van der Waals surface area contributed by atoms with E-state index in [1.54, 1.807) is 42.5 Å². The molecule has 34 heavy (non-hydrogen) atoms. The molecule has 4 rings (SSSR count). The lowest BCUT2D eigenvalue weighted by Gasteiger charge is -2.07. The van der Waals surface area contributed by atoms with Gasteiger partial charge in [-0.25, -0.2) is 10.2 Å². The first-order valence-electron chi connectivity index (χ1n) is 10.2. The van der Waals surface area contributed by atoms with Crippen molar-refractivity contribution in [2.45, 2.75) is 0 Å². The number of nitrogens with zero attached hydrogens (tertiary/aromatic N) is 1. The molecule has 0 unspecified atom stereocenters. The predicted octanol–water partition coefficient (Wildman–Crippen LogP) is 5.89. The molecule has 0 radical (unpaired) electrons. The lowest BCUT2D eigenvalue weighted by Crippen LogP contribution is -2.24. The van der Waals surface area contributed by atoms with Crippen LogP contribution in [0.2, 0.25) is 10.0 Å². The van der Waals surface area contributed by atoms with Crippen LogP contribution in [0.15, 0.2) is 90.0 Å². The van der Waals surface area contributed by atoms with E-state index in [1.807, 2.05) is 36.4 Å². The van der Waals surface area contributed by atoms with Gasteiger partial charge in [-0.05, 0) is 64.9 Å². The van der Waals surface area contributed by atoms with E-state index >= 15 is 0 Å². The Kier molecular flexibility index (Phi) is 7.42. The van der Waals surface area contributed by atoms with Gasteiger partial charge < -0.3 is 9.47 Å². The number of halogens is 2. The van der Waals surface area contributed by atoms with Crippen LogP contribution in [0.5, 0.6) is 11.5 Å². The van der Waals surface area contributed by atoms with Crippen molar-refractivity contribution in [3.8, 4) is 11.5 Å². The zero-order chi connectivity index (χ0) is 23.9. The van der Waals surface area contributed by atoms with E-state index in [-0.39, 0.29) is 6.61 Å². The van der Waals surface area contributed by atoms with E-state index in [1.165, 1.54) is 12.3 Å². The summed E-state index contributed by atoms with van der Waals surface area (Å²) in [7, 11) is 0. The molecule has 0 aliphatic heterocycles. The lowest BCUT2D eigenvalue weighted by atomic mass is 10.0. The third kappa shape index (κ3) is 5.92. The van der Waals surface area contributed by atoms with Crippen molar-refractivity contribution < 1.29 is 19.1 Å². The molecule has 0 atom stereocenters. The second-order valence-corrected chi connectivity index (χ2v) is 7.99. The van der Waals surface area contributed by atoms with Gasteiger partial charge in [0.1, 0.15) is 11.5 Å². The van der Waals surface area contributed by atoms with Crippen LogP contribution in [0.4, 0.5) is 0 Å².